The zero-order valence-electron chi connectivity index (χ0n) is 12.4. The van der Waals surface area contributed by atoms with E-state index in [0.717, 1.165) is 23.5 Å². The van der Waals surface area contributed by atoms with Gasteiger partial charge >= 0.3 is 5.97 Å². The summed E-state index contributed by atoms with van der Waals surface area (Å²) < 4.78 is 31.0. The summed E-state index contributed by atoms with van der Waals surface area (Å²) in [5.41, 5.74) is 0.800. The van der Waals surface area contributed by atoms with Crippen molar-refractivity contribution < 1.29 is 23.1 Å². The Balaban J connectivity index is 2.06. The van der Waals surface area contributed by atoms with Crippen LogP contribution in [0.2, 0.25) is 0 Å². The van der Waals surface area contributed by atoms with Gasteiger partial charge in [0.05, 0.1) is 5.69 Å². The quantitative estimate of drug-likeness (QED) is 0.848. The van der Waals surface area contributed by atoms with Gasteiger partial charge in [0.1, 0.15) is 0 Å². The number of benzene rings is 1. The highest BCUT2D eigenvalue weighted by atomic mass is 32.1. The summed E-state index contributed by atoms with van der Waals surface area (Å²) in [6.07, 6.45) is -0.770. The van der Waals surface area contributed by atoms with Gasteiger partial charge in [-0.15, -0.1) is 11.3 Å². The first-order valence-electron chi connectivity index (χ1n) is 6.82. The minimum absolute atomic E-state index is 0.176. The molecular formula is C15H14F2N2O3S. The molecule has 2 rings (SSSR count). The van der Waals surface area contributed by atoms with Crippen LogP contribution < -0.4 is 5.32 Å². The topological polar surface area (TPSA) is 68.3 Å². The van der Waals surface area contributed by atoms with Crippen LogP contribution in [-0.2, 0) is 14.3 Å². The van der Waals surface area contributed by atoms with E-state index in [-0.39, 0.29) is 11.6 Å². The van der Waals surface area contributed by atoms with Gasteiger partial charge in [0.15, 0.2) is 22.9 Å². The number of carbonyl (C=O) groups is 2. The number of nitrogens with zero attached hydrogens (tertiary/aromatic N) is 1. The molecule has 1 aromatic carbocycles. The van der Waals surface area contributed by atoms with Crippen molar-refractivity contribution >= 4 is 28.3 Å². The van der Waals surface area contributed by atoms with Gasteiger partial charge in [-0.05, 0) is 25.1 Å². The van der Waals surface area contributed by atoms with E-state index in [4.69, 9.17) is 4.74 Å². The Morgan fingerprint density at radius 1 is 1.35 bits per heavy atom. The molecule has 5 nitrogen and oxygen atoms in total. The molecule has 0 aliphatic rings. The molecule has 0 saturated heterocycles. The number of hydrogen-bond donors (Lipinski definition) is 1. The summed E-state index contributed by atoms with van der Waals surface area (Å²) in [7, 11) is 0. The summed E-state index contributed by atoms with van der Waals surface area (Å²) in [6, 6.07) is 3.43. The predicted octanol–water partition coefficient (Wildman–Crippen LogP) is 3.37. The Bertz CT molecular complexity index is 733. The molecule has 8 heteroatoms. The van der Waals surface area contributed by atoms with Gasteiger partial charge in [-0.3, -0.25) is 14.9 Å². The monoisotopic (exact) mass is 340 g/mol. The van der Waals surface area contributed by atoms with Crippen molar-refractivity contribution in [2.75, 3.05) is 5.32 Å². The van der Waals surface area contributed by atoms with Crippen LogP contribution in [0.5, 0.6) is 0 Å². The van der Waals surface area contributed by atoms with Crippen molar-refractivity contribution in [2.24, 2.45) is 0 Å². The lowest BCUT2D eigenvalue weighted by atomic mass is 10.2. The van der Waals surface area contributed by atoms with Crippen LogP contribution in [0, 0.1) is 11.6 Å². The maximum Gasteiger partial charge on any atom is 0.306 e. The molecule has 2 aromatic rings. The fourth-order valence-electron chi connectivity index (χ4n) is 1.66. The second-order valence-corrected chi connectivity index (χ2v) is 5.50. The average molecular weight is 340 g/mol. The van der Waals surface area contributed by atoms with E-state index in [1.54, 1.807) is 12.3 Å². The van der Waals surface area contributed by atoms with E-state index in [0.29, 0.717) is 11.3 Å². The number of hydrogen-bond acceptors (Lipinski definition) is 5. The maximum absolute atomic E-state index is 13.2. The van der Waals surface area contributed by atoms with Crippen LogP contribution in [0.3, 0.4) is 0 Å². The summed E-state index contributed by atoms with van der Waals surface area (Å²) in [5, 5.41) is 4.39. The van der Waals surface area contributed by atoms with E-state index < -0.39 is 29.6 Å². The largest absolute Gasteiger partial charge is 0.453 e. The van der Waals surface area contributed by atoms with Gasteiger partial charge in [0, 0.05) is 17.4 Å². The SMILES string of the molecule is CCC(=O)OC(C)C(=O)Nc1nc(-c2ccc(F)c(F)c2)cs1. The molecule has 0 saturated carbocycles. The number of ether oxygens (including phenoxy) is 1. The number of amides is 1. The van der Waals surface area contributed by atoms with E-state index in [1.165, 1.54) is 13.0 Å². The third kappa shape index (κ3) is 4.32. The molecule has 0 radical (unpaired) electrons. The number of halogens is 2. The average Bonchev–Trinajstić information content (AvgIpc) is 2.98. The number of rotatable bonds is 5. The Labute approximate surface area is 135 Å². The molecule has 1 aromatic heterocycles. The van der Waals surface area contributed by atoms with Crippen molar-refractivity contribution in [3.05, 3.63) is 35.2 Å². The molecule has 1 heterocycles. The number of aromatic nitrogens is 1. The first-order valence-corrected chi connectivity index (χ1v) is 7.70. The van der Waals surface area contributed by atoms with Gasteiger partial charge in [-0.1, -0.05) is 6.92 Å². The van der Waals surface area contributed by atoms with E-state index in [2.05, 4.69) is 10.3 Å². The molecule has 1 N–H and O–H groups in total. The van der Waals surface area contributed by atoms with Gasteiger partial charge in [-0.25, -0.2) is 13.8 Å². The Hall–Kier alpha value is -2.35. The van der Waals surface area contributed by atoms with Crippen LogP contribution in [-0.4, -0.2) is 23.0 Å². The molecule has 0 bridgehead atoms. The number of nitrogens with one attached hydrogen (secondary N) is 1. The number of carbonyl (C=O) groups excluding carboxylic acids is 2. The Kier molecular flexibility index (Phi) is 5.38. The van der Waals surface area contributed by atoms with Gasteiger partial charge < -0.3 is 4.74 Å². The lowest BCUT2D eigenvalue weighted by molar-refractivity contribution is -0.152. The zero-order valence-corrected chi connectivity index (χ0v) is 13.2. The second-order valence-electron chi connectivity index (χ2n) is 4.64. The van der Waals surface area contributed by atoms with Gasteiger partial charge in [0.25, 0.3) is 5.91 Å². The second kappa shape index (κ2) is 7.28. The van der Waals surface area contributed by atoms with Crippen LogP contribution in [0.15, 0.2) is 23.6 Å². The molecule has 1 amide bonds. The Morgan fingerprint density at radius 2 is 2.09 bits per heavy atom. The highest BCUT2D eigenvalue weighted by molar-refractivity contribution is 7.14. The first-order chi connectivity index (χ1) is 10.9. The summed E-state index contributed by atoms with van der Waals surface area (Å²) in [6.45, 7) is 3.08. The van der Waals surface area contributed by atoms with Crippen LogP contribution >= 0.6 is 11.3 Å². The van der Waals surface area contributed by atoms with E-state index in [1.807, 2.05) is 0 Å². The highest BCUT2D eigenvalue weighted by Gasteiger charge is 2.18. The number of thiazole rings is 1. The molecule has 0 aliphatic carbocycles. The molecule has 122 valence electrons. The molecule has 0 aliphatic heterocycles. The van der Waals surface area contributed by atoms with Crippen molar-refractivity contribution in [3.8, 4) is 11.3 Å². The van der Waals surface area contributed by atoms with Crippen LogP contribution in [0.4, 0.5) is 13.9 Å². The molecule has 0 spiro atoms. The summed E-state index contributed by atoms with van der Waals surface area (Å²) in [4.78, 5) is 27.2. The minimum Gasteiger partial charge on any atom is -0.453 e. The maximum atomic E-state index is 13.2. The summed E-state index contributed by atoms with van der Waals surface area (Å²) in [5.74, 6) is -2.91. The standard InChI is InChI=1S/C15H14F2N2O3S/c1-3-13(20)22-8(2)14(21)19-15-18-12(7-23-15)9-4-5-10(16)11(17)6-9/h4-8H,3H2,1-2H3,(H,18,19,21). The summed E-state index contributed by atoms with van der Waals surface area (Å²) >= 11 is 1.13. The van der Waals surface area contributed by atoms with Crippen molar-refractivity contribution in [2.45, 2.75) is 26.4 Å². The fourth-order valence-corrected chi connectivity index (χ4v) is 2.38. The first kappa shape index (κ1) is 17.0. The predicted molar refractivity (Wildman–Crippen MR) is 81.9 cm³/mol. The molecule has 1 unspecified atom stereocenters. The van der Waals surface area contributed by atoms with E-state index in [9.17, 15) is 18.4 Å². The Morgan fingerprint density at radius 3 is 2.74 bits per heavy atom. The number of esters is 1. The van der Waals surface area contributed by atoms with Crippen LogP contribution in [0.1, 0.15) is 20.3 Å². The fraction of sp³-hybridized carbons (Fsp3) is 0.267. The van der Waals surface area contributed by atoms with Crippen molar-refractivity contribution in [1.82, 2.24) is 4.98 Å². The molecule has 1 atom stereocenters. The third-order valence-electron chi connectivity index (χ3n) is 2.92. The van der Waals surface area contributed by atoms with E-state index >= 15 is 0 Å². The lowest BCUT2D eigenvalue weighted by Crippen LogP contribution is -2.29. The smallest absolute Gasteiger partial charge is 0.306 e. The normalized spacial score (nSPS) is 11.8. The minimum atomic E-state index is -0.971. The van der Waals surface area contributed by atoms with Crippen LogP contribution in [0.25, 0.3) is 11.3 Å². The van der Waals surface area contributed by atoms with Crippen molar-refractivity contribution in [3.63, 3.8) is 0 Å². The third-order valence-corrected chi connectivity index (χ3v) is 3.67. The van der Waals surface area contributed by atoms with Gasteiger partial charge in [-0.2, -0.15) is 0 Å². The molecule has 23 heavy (non-hydrogen) atoms. The number of anilines is 1. The van der Waals surface area contributed by atoms with Crippen molar-refractivity contribution in [1.29, 1.82) is 0 Å². The lowest BCUT2D eigenvalue weighted by Gasteiger charge is -2.11. The zero-order chi connectivity index (χ0) is 17.0. The molecule has 0 fully saturated rings. The molecular weight excluding hydrogens is 326 g/mol. The van der Waals surface area contributed by atoms with Gasteiger partial charge in [0.2, 0.25) is 0 Å². The highest BCUT2D eigenvalue weighted by Crippen LogP contribution is 2.26.